The smallest absolute Gasteiger partial charge is 0.316 e. The lowest BCUT2D eigenvalue weighted by atomic mass is 9.91. The maximum Gasteiger partial charge on any atom is 0.316 e. The Bertz CT molecular complexity index is 528. The summed E-state index contributed by atoms with van der Waals surface area (Å²) >= 11 is 0. The zero-order chi connectivity index (χ0) is 14.0. The van der Waals surface area contributed by atoms with Gasteiger partial charge in [-0.1, -0.05) is 6.92 Å². The van der Waals surface area contributed by atoms with Gasteiger partial charge in [-0.05, 0) is 44.5 Å². The van der Waals surface area contributed by atoms with E-state index in [9.17, 15) is 17.8 Å². The third-order valence-corrected chi connectivity index (χ3v) is 3.61. The fraction of sp³-hybridized carbons (Fsp3) is 0.417. The molecule has 0 spiro atoms. The molecule has 0 heterocycles. The van der Waals surface area contributed by atoms with Crippen molar-refractivity contribution in [3.63, 3.8) is 0 Å². The number of rotatable bonds is 4. The molecule has 0 N–H and O–H groups in total. The average Bonchev–Trinajstić information content (AvgIpc) is 2.28. The summed E-state index contributed by atoms with van der Waals surface area (Å²) in [4.78, 5) is 11.4. The van der Waals surface area contributed by atoms with Gasteiger partial charge in [-0.15, -0.1) is 0 Å². The van der Waals surface area contributed by atoms with Gasteiger partial charge in [-0.3, -0.25) is 4.79 Å². The van der Waals surface area contributed by atoms with Gasteiger partial charge in [0.15, 0.2) is 0 Å². The van der Waals surface area contributed by atoms with Crippen LogP contribution in [0, 0.1) is 5.41 Å². The fourth-order valence-corrected chi connectivity index (χ4v) is 1.53. The molecule has 6 heteroatoms. The maximum atomic E-state index is 11.7. The van der Waals surface area contributed by atoms with Crippen molar-refractivity contribution in [3.05, 3.63) is 24.3 Å². The van der Waals surface area contributed by atoms with Crippen LogP contribution < -0.4 is 4.74 Å². The Morgan fingerprint density at radius 3 is 2.17 bits per heavy atom. The molecule has 1 rings (SSSR count). The third kappa shape index (κ3) is 3.54. The van der Waals surface area contributed by atoms with Gasteiger partial charge in [0.25, 0.3) is 0 Å². The molecule has 18 heavy (non-hydrogen) atoms. The van der Waals surface area contributed by atoms with Crippen molar-refractivity contribution in [1.29, 1.82) is 0 Å². The molecule has 0 aliphatic carbocycles. The summed E-state index contributed by atoms with van der Waals surface area (Å²) < 4.78 is 37.2. The molecule has 0 unspecified atom stereocenters. The summed E-state index contributed by atoms with van der Waals surface area (Å²) in [7, 11) is -4.47. The Morgan fingerprint density at radius 2 is 1.78 bits per heavy atom. The van der Waals surface area contributed by atoms with Crippen molar-refractivity contribution in [2.75, 3.05) is 0 Å². The molecular formula is C12H15O5S-. The number of benzene rings is 1. The van der Waals surface area contributed by atoms with E-state index < -0.39 is 21.5 Å². The Hall–Kier alpha value is -1.40. The predicted octanol–water partition coefficient (Wildman–Crippen LogP) is 1.93. The Labute approximate surface area is 107 Å². The second-order valence-electron chi connectivity index (χ2n) is 4.55. The van der Waals surface area contributed by atoms with Crippen LogP contribution in [-0.4, -0.2) is 18.9 Å². The normalized spacial score (nSPS) is 12.2. The molecule has 1 aromatic rings. The van der Waals surface area contributed by atoms with Gasteiger partial charge in [-0.25, -0.2) is 8.42 Å². The Balaban J connectivity index is 2.86. The van der Waals surface area contributed by atoms with Crippen LogP contribution in [0.4, 0.5) is 0 Å². The molecule has 0 amide bonds. The number of ether oxygens (including phenoxy) is 1. The van der Waals surface area contributed by atoms with E-state index in [4.69, 9.17) is 4.74 Å². The van der Waals surface area contributed by atoms with Crippen molar-refractivity contribution in [3.8, 4) is 5.75 Å². The molecule has 0 aliphatic heterocycles. The highest BCUT2D eigenvalue weighted by molar-refractivity contribution is 7.85. The van der Waals surface area contributed by atoms with Gasteiger partial charge in [0.05, 0.1) is 10.3 Å². The van der Waals surface area contributed by atoms with Crippen molar-refractivity contribution in [2.24, 2.45) is 5.41 Å². The molecule has 0 atom stereocenters. The van der Waals surface area contributed by atoms with Crippen LogP contribution in [0.2, 0.25) is 0 Å². The molecule has 100 valence electrons. The summed E-state index contributed by atoms with van der Waals surface area (Å²) in [5.41, 5.74) is -0.608. The molecule has 5 nitrogen and oxygen atoms in total. The zero-order valence-corrected chi connectivity index (χ0v) is 11.3. The van der Waals surface area contributed by atoms with Crippen LogP contribution in [0.25, 0.3) is 0 Å². The average molecular weight is 271 g/mol. The fourth-order valence-electron chi connectivity index (χ4n) is 1.06. The lowest BCUT2D eigenvalue weighted by Gasteiger charge is -2.20. The van der Waals surface area contributed by atoms with E-state index in [1.54, 1.807) is 13.8 Å². The van der Waals surface area contributed by atoms with Crippen molar-refractivity contribution >= 4 is 16.1 Å². The maximum absolute atomic E-state index is 11.7. The first-order valence-corrected chi connectivity index (χ1v) is 6.86. The van der Waals surface area contributed by atoms with Gasteiger partial charge in [0.2, 0.25) is 0 Å². The van der Waals surface area contributed by atoms with Gasteiger partial charge < -0.3 is 9.29 Å². The summed E-state index contributed by atoms with van der Waals surface area (Å²) in [6, 6.07) is 4.80. The molecule has 0 radical (unpaired) electrons. The van der Waals surface area contributed by atoms with E-state index in [-0.39, 0.29) is 10.6 Å². The lowest BCUT2D eigenvalue weighted by Crippen LogP contribution is -2.28. The minimum Gasteiger partial charge on any atom is -0.744 e. The van der Waals surface area contributed by atoms with Crippen LogP contribution >= 0.6 is 0 Å². The largest absolute Gasteiger partial charge is 0.744 e. The van der Waals surface area contributed by atoms with Crippen LogP contribution in [0.5, 0.6) is 5.75 Å². The summed E-state index contributed by atoms with van der Waals surface area (Å²) in [5.74, 6) is -0.184. The molecule has 0 aromatic heterocycles. The molecule has 0 saturated heterocycles. The van der Waals surface area contributed by atoms with E-state index in [2.05, 4.69) is 0 Å². The van der Waals surface area contributed by atoms with Gasteiger partial charge >= 0.3 is 5.97 Å². The lowest BCUT2D eigenvalue weighted by molar-refractivity contribution is -0.144. The highest BCUT2D eigenvalue weighted by atomic mass is 32.2. The summed E-state index contributed by atoms with van der Waals surface area (Å²) in [6.45, 7) is 5.38. The minimum atomic E-state index is -4.47. The van der Waals surface area contributed by atoms with Crippen molar-refractivity contribution in [1.82, 2.24) is 0 Å². The number of carbonyl (C=O) groups is 1. The van der Waals surface area contributed by atoms with Crippen LogP contribution in [-0.2, 0) is 14.9 Å². The SMILES string of the molecule is CCC(C)(C)C(=O)Oc1ccc(S(=O)(=O)[O-])cc1. The highest BCUT2D eigenvalue weighted by Gasteiger charge is 2.27. The van der Waals surface area contributed by atoms with Gasteiger partial charge in [-0.2, -0.15) is 0 Å². The summed E-state index contributed by atoms with van der Waals surface area (Å²) in [5, 5.41) is 0. The zero-order valence-electron chi connectivity index (χ0n) is 10.5. The Morgan fingerprint density at radius 1 is 1.28 bits per heavy atom. The van der Waals surface area contributed by atoms with Crippen molar-refractivity contribution < 1.29 is 22.5 Å². The Kier molecular flexibility index (Phi) is 4.13. The quantitative estimate of drug-likeness (QED) is 0.474. The van der Waals surface area contributed by atoms with Crippen molar-refractivity contribution in [2.45, 2.75) is 32.1 Å². The van der Waals surface area contributed by atoms with Gasteiger partial charge in [0, 0.05) is 0 Å². The second-order valence-corrected chi connectivity index (χ2v) is 5.93. The van der Waals surface area contributed by atoms with Gasteiger partial charge in [0.1, 0.15) is 15.9 Å². The number of esters is 1. The van der Waals surface area contributed by atoms with E-state index in [0.29, 0.717) is 6.42 Å². The van der Waals surface area contributed by atoms with E-state index in [1.807, 2.05) is 6.92 Å². The topological polar surface area (TPSA) is 83.5 Å². The predicted molar refractivity (Wildman–Crippen MR) is 64.1 cm³/mol. The molecule has 0 fully saturated rings. The molecule has 0 aliphatic rings. The highest BCUT2D eigenvalue weighted by Crippen LogP contribution is 2.24. The minimum absolute atomic E-state index is 0.217. The van der Waals surface area contributed by atoms with E-state index in [0.717, 1.165) is 12.1 Å². The van der Waals surface area contributed by atoms with E-state index >= 15 is 0 Å². The third-order valence-electron chi connectivity index (χ3n) is 2.76. The standard InChI is InChI=1S/C12H16O5S/c1-4-12(2,3)11(13)17-9-5-7-10(8-6-9)18(14,15)16/h5-8H,4H2,1-3H3,(H,14,15,16)/p-1. The molecule has 1 aromatic carbocycles. The first-order valence-electron chi connectivity index (χ1n) is 5.45. The van der Waals surface area contributed by atoms with Crippen LogP contribution in [0.3, 0.4) is 0 Å². The van der Waals surface area contributed by atoms with Crippen LogP contribution in [0.15, 0.2) is 29.2 Å². The monoisotopic (exact) mass is 271 g/mol. The number of hydrogen-bond donors (Lipinski definition) is 0. The molecule has 0 saturated carbocycles. The molecular weight excluding hydrogens is 256 g/mol. The van der Waals surface area contributed by atoms with E-state index in [1.165, 1.54) is 12.1 Å². The number of carbonyl (C=O) groups excluding carboxylic acids is 1. The van der Waals surface area contributed by atoms with Crippen LogP contribution in [0.1, 0.15) is 27.2 Å². The first-order chi connectivity index (χ1) is 8.16. The molecule has 0 bridgehead atoms. The second kappa shape index (κ2) is 5.07. The first kappa shape index (κ1) is 14.7. The number of hydrogen-bond acceptors (Lipinski definition) is 5. The summed E-state index contributed by atoms with van der Waals surface area (Å²) in [6.07, 6.45) is 0.624.